The molecule has 6 heteroatoms. The molecule has 0 aromatic heterocycles. The molecule has 0 aliphatic carbocycles. The summed E-state index contributed by atoms with van der Waals surface area (Å²) in [6.07, 6.45) is 6.48. The van der Waals surface area contributed by atoms with Crippen LogP contribution in [0.1, 0.15) is 38.7 Å². The second-order valence-corrected chi connectivity index (χ2v) is 6.92. The Labute approximate surface area is 149 Å². The van der Waals surface area contributed by atoms with Crippen LogP contribution in [0.5, 0.6) is 11.5 Å². The van der Waals surface area contributed by atoms with Gasteiger partial charge in [-0.25, -0.2) is 0 Å². The first kappa shape index (κ1) is 20.3. The molecule has 24 heavy (non-hydrogen) atoms. The Morgan fingerprint density at radius 3 is 2.79 bits per heavy atom. The van der Waals surface area contributed by atoms with E-state index in [9.17, 15) is 13.6 Å². The summed E-state index contributed by atoms with van der Waals surface area (Å²) in [5.74, 6) is 0.673. The maximum absolute atomic E-state index is 12.1. The van der Waals surface area contributed by atoms with Crippen molar-refractivity contribution in [1.29, 1.82) is 0 Å². The summed E-state index contributed by atoms with van der Waals surface area (Å²) in [7, 11) is 1.47. The molecule has 1 aromatic rings. The third-order valence-electron chi connectivity index (χ3n) is 3.37. The normalized spacial score (nSPS) is 10.7. The summed E-state index contributed by atoms with van der Waals surface area (Å²) in [4.78, 5) is 12.1. The van der Waals surface area contributed by atoms with Crippen molar-refractivity contribution in [2.45, 2.75) is 39.7 Å². The first-order valence-corrected chi connectivity index (χ1v) is 9.24. The fourth-order valence-corrected chi connectivity index (χ4v) is 2.72. The molecule has 0 radical (unpaired) electrons. The van der Waals surface area contributed by atoms with E-state index in [0.717, 1.165) is 18.4 Å². The van der Waals surface area contributed by atoms with Gasteiger partial charge >= 0.3 is 150 Å². The Morgan fingerprint density at radius 2 is 2.17 bits per heavy atom. The van der Waals surface area contributed by atoms with Crippen molar-refractivity contribution in [3.63, 3.8) is 0 Å². The van der Waals surface area contributed by atoms with Gasteiger partial charge in [0.25, 0.3) is 0 Å². The number of hydrogen-bond donors (Lipinski definition) is 2. The number of nitrogens with one attached hydrogen (secondary N) is 1. The molecule has 0 heterocycles. The molecule has 0 unspecified atom stereocenters. The average molecular weight is 370 g/mol. The van der Waals surface area contributed by atoms with Gasteiger partial charge in [0.15, 0.2) is 0 Å². The Bertz CT molecular complexity index is 634. The van der Waals surface area contributed by atoms with Gasteiger partial charge in [-0.3, -0.25) is 0 Å². The van der Waals surface area contributed by atoms with Gasteiger partial charge in [-0.05, 0) is 0 Å². The molecule has 1 aromatic carbocycles. The van der Waals surface area contributed by atoms with E-state index in [1.54, 1.807) is 12.1 Å². The molecule has 0 spiro atoms. The van der Waals surface area contributed by atoms with Gasteiger partial charge in [0, 0.05) is 0 Å². The Hall–Kier alpha value is -1.72. The van der Waals surface area contributed by atoms with E-state index in [2.05, 4.69) is 31.3 Å². The molecular formula is C18H25NO4V. The zero-order valence-corrected chi connectivity index (χ0v) is 15.8. The fourth-order valence-electron chi connectivity index (χ4n) is 2.07. The number of benzene rings is 1. The van der Waals surface area contributed by atoms with Crippen molar-refractivity contribution in [2.24, 2.45) is 5.92 Å². The van der Waals surface area contributed by atoms with Crippen LogP contribution in [0.2, 0.25) is 0 Å². The molecule has 0 fully saturated rings. The molecule has 1 rings (SSSR count). The van der Waals surface area contributed by atoms with Crippen LogP contribution in [0.4, 0.5) is 0 Å². The van der Waals surface area contributed by atoms with E-state index < -0.39 is 15.8 Å². The van der Waals surface area contributed by atoms with Gasteiger partial charge in [-0.15, -0.1) is 0 Å². The predicted octanol–water partition coefficient (Wildman–Crippen LogP) is 3.00. The van der Waals surface area contributed by atoms with Crippen molar-refractivity contribution in [3.05, 3.63) is 35.9 Å². The van der Waals surface area contributed by atoms with Gasteiger partial charge in [-0.2, -0.15) is 0 Å². The first-order valence-electron chi connectivity index (χ1n) is 7.97. The van der Waals surface area contributed by atoms with Gasteiger partial charge < -0.3 is 0 Å². The van der Waals surface area contributed by atoms with Crippen molar-refractivity contribution < 1.29 is 34.1 Å². The van der Waals surface area contributed by atoms with E-state index in [4.69, 9.17) is 4.74 Å². The number of phenolic OH excluding ortho intramolecular Hbond substituents is 1. The van der Waals surface area contributed by atoms with Crippen molar-refractivity contribution in [3.8, 4) is 11.5 Å². The Morgan fingerprint density at radius 1 is 1.42 bits per heavy atom. The van der Waals surface area contributed by atoms with E-state index >= 15 is 0 Å². The van der Waals surface area contributed by atoms with Gasteiger partial charge in [0.2, 0.25) is 0 Å². The number of aromatic hydroxyl groups is 1. The average Bonchev–Trinajstić information content (AvgIpc) is 2.56. The van der Waals surface area contributed by atoms with Crippen molar-refractivity contribution in [1.82, 2.24) is 5.32 Å². The molecule has 0 aliphatic rings. The fraction of sp³-hybridized carbons (Fsp3) is 0.444. The van der Waals surface area contributed by atoms with Crippen LogP contribution >= 0.6 is 0 Å². The third-order valence-corrected chi connectivity index (χ3v) is 4.39. The van der Waals surface area contributed by atoms with Crippen LogP contribution in [-0.4, -0.2) is 22.3 Å². The first-order chi connectivity index (χ1) is 11.5. The minimum absolute atomic E-state index is 0.0545. The monoisotopic (exact) mass is 370 g/mol. The zero-order valence-electron chi connectivity index (χ0n) is 14.4. The number of rotatable bonds is 9. The van der Waals surface area contributed by atoms with Crippen molar-refractivity contribution in [2.75, 3.05) is 7.11 Å². The van der Waals surface area contributed by atoms with E-state index in [1.165, 1.54) is 13.2 Å². The van der Waals surface area contributed by atoms with Crippen molar-refractivity contribution >= 4 is 10.1 Å². The topological polar surface area (TPSA) is 75.6 Å². The molecule has 0 aliphatic heterocycles. The molecule has 5 nitrogen and oxygen atoms in total. The summed E-state index contributed by atoms with van der Waals surface area (Å²) in [6.45, 7) is 4.53. The maximum atomic E-state index is 12.1. The van der Waals surface area contributed by atoms with Gasteiger partial charge in [0.1, 0.15) is 0 Å². The number of methoxy groups -OCH3 is 1. The standard InChI is InChI=1S/C18H25NO3.O.V/c1-14(2)8-6-4-5-7-9-18(21)19-13-15-10-11-16(20)17(12-15)22-3;;/h6,8,10-12,14,20H,4-5,7,13H2,1-3H3,(H,19,21);;/b8-6+;;. The number of phenols is 1. The third kappa shape index (κ3) is 7.24. The molecule has 0 saturated carbocycles. The zero-order chi connectivity index (χ0) is 17.9. The van der Waals surface area contributed by atoms with Crippen LogP contribution in [0.25, 0.3) is 0 Å². The van der Waals surface area contributed by atoms with E-state index in [-0.39, 0.29) is 11.7 Å². The van der Waals surface area contributed by atoms with Crippen LogP contribution in [0, 0.1) is 5.92 Å². The summed E-state index contributed by atoms with van der Waals surface area (Å²) in [5.41, 5.74) is 0.805. The molecular weight excluding hydrogens is 345 g/mol. The summed E-state index contributed by atoms with van der Waals surface area (Å²) in [6, 6.07) is 4.89. The van der Waals surface area contributed by atoms with E-state index in [1.807, 2.05) is 0 Å². The van der Waals surface area contributed by atoms with Crippen LogP contribution in [0.3, 0.4) is 0 Å². The molecule has 131 valence electrons. The molecule has 1 amide bonds. The number of carbonyl (C=O) groups is 1. The molecule has 2 N–H and O–H groups in total. The molecule has 0 atom stereocenters. The Balaban J connectivity index is 2.49. The predicted molar refractivity (Wildman–Crippen MR) is 90.0 cm³/mol. The molecule has 0 bridgehead atoms. The molecule has 0 saturated heterocycles. The SMILES string of the molecule is COc1cc(CNC(=O)[C](CCC/C=C/C(C)C)=[V]=[O])ccc1O. The summed E-state index contributed by atoms with van der Waals surface area (Å²) < 4.78 is 16.8. The number of allylic oxidation sites excluding steroid dienone is 2. The second kappa shape index (κ2) is 10.9. The summed E-state index contributed by atoms with van der Waals surface area (Å²) >= 11 is -1.32. The summed E-state index contributed by atoms with van der Waals surface area (Å²) in [5, 5.41) is 12.3. The quantitative estimate of drug-likeness (QED) is 0.518. The number of amides is 1. The minimum atomic E-state index is -1.32. The second-order valence-electron chi connectivity index (χ2n) is 5.79. The number of unbranched alkanes of at least 4 members (excludes halogenated alkanes) is 1. The number of ether oxygens (including phenoxy) is 1. The van der Waals surface area contributed by atoms with Gasteiger partial charge in [0.05, 0.1) is 0 Å². The number of hydrogen-bond acceptors (Lipinski definition) is 4. The van der Waals surface area contributed by atoms with E-state index in [0.29, 0.717) is 28.9 Å². The van der Waals surface area contributed by atoms with Gasteiger partial charge in [-0.1, -0.05) is 0 Å². The number of carbonyl (C=O) groups excluding carboxylic acids is 1. The Kier molecular flexibility index (Phi) is 9.27. The van der Waals surface area contributed by atoms with Crippen LogP contribution in [0.15, 0.2) is 30.4 Å². The van der Waals surface area contributed by atoms with Crippen LogP contribution < -0.4 is 10.1 Å². The van der Waals surface area contributed by atoms with Crippen LogP contribution in [-0.2, 0) is 30.8 Å².